The van der Waals surface area contributed by atoms with Crippen molar-refractivity contribution >= 4 is 17.2 Å². The minimum atomic E-state index is -4.36. The Morgan fingerprint density at radius 3 is 2.35 bits per heavy atom. The van der Waals surface area contributed by atoms with Gasteiger partial charge in [0.05, 0.1) is 11.1 Å². The Hall–Kier alpha value is -2.69. The van der Waals surface area contributed by atoms with E-state index in [0.29, 0.717) is 16.8 Å². The Bertz CT molecular complexity index is 854. The Morgan fingerprint density at radius 2 is 1.70 bits per heavy atom. The van der Waals surface area contributed by atoms with Crippen LogP contribution < -0.4 is 0 Å². The van der Waals surface area contributed by atoms with Gasteiger partial charge in [0.15, 0.2) is 0 Å². The standard InChI is InChI=1S/C18H12F3NO/c19-18(20,21)13-7-5-12(6-8-13)16-11-14(9-10-23)22-17-4-2-1-3-15(16)17/h1-8,10-11H,9H2. The number of hydrogen-bond acceptors (Lipinski definition) is 2. The second kappa shape index (κ2) is 5.83. The van der Waals surface area contributed by atoms with Crippen LogP contribution in [-0.4, -0.2) is 11.3 Å². The Morgan fingerprint density at radius 1 is 1.00 bits per heavy atom. The zero-order valence-corrected chi connectivity index (χ0v) is 12.0. The number of halogens is 3. The first-order valence-corrected chi connectivity index (χ1v) is 6.99. The molecule has 0 saturated carbocycles. The summed E-state index contributed by atoms with van der Waals surface area (Å²) in [7, 11) is 0. The number of aldehydes is 1. The van der Waals surface area contributed by atoms with Crippen molar-refractivity contribution in [3.63, 3.8) is 0 Å². The first kappa shape index (κ1) is 15.2. The lowest BCUT2D eigenvalue weighted by Gasteiger charge is -2.11. The van der Waals surface area contributed by atoms with Crippen LogP contribution in [0.4, 0.5) is 13.2 Å². The molecule has 0 amide bonds. The fraction of sp³-hybridized carbons (Fsp3) is 0.111. The van der Waals surface area contributed by atoms with Gasteiger partial charge in [0.25, 0.3) is 0 Å². The molecule has 0 spiro atoms. The van der Waals surface area contributed by atoms with Crippen molar-refractivity contribution in [2.24, 2.45) is 0 Å². The molecule has 0 N–H and O–H groups in total. The first-order valence-electron chi connectivity index (χ1n) is 6.99. The lowest BCUT2D eigenvalue weighted by atomic mass is 9.98. The molecule has 3 rings (SSSR count). The van der Waals surface area contributed by atoms with Crippen LogP contribution in [0, 0.1) is 0 Å². The molecule has 1 heterocycles. The monoisotopic (exact) mass is 315 g/mol. The van der Waals surface area contributed by atoms with Crippen molar-refractivity contribution in [2.45, 2.75) is 12.6 Å². The highest BCUT2D eigenvalue weighted by molar-refractivity contribution is 5.94. The molecule has 5 heteroatoms. The molecule has 0 unspecified atom stereocenters. The third-order valence-electron chi connectivity index (χ3n) is 3.58. The van der Waals surface area contributed by atoms with Crippen LogP contribution in [0.2, 0.25) is 0 Å². The summed E-state index contributed by atoms with van der Waals surface area (Å²) in [4.78, 5) is 15.1. The van der Waals surface area contributed by atoms with Gasteiger partial charge >= 0.3 is 6.18 Å². The molecule has 116 valence electrons. The van der Waals surface area contributed by atoms with Crippen LogP contribution in [0.5, 0.6) is 0 Å². The Kier molecular flexibility index (Phi) is 3.86. The molecule has 23 heavy (non-hydrogen) atoms. The molecule has 0 saturated heterocycles. The molecule has 0 aliphatic heterocycles. The molecule has 0 fully saturated rings. The van der Waals surface area contributed by atoms with Gasteiger partial charge in [-0.3, -0.25) is 4.98 Å². The maximum absolute atomic E-state index is 12.7. The van der Waals surface area contributed by atoms with Gasteiger partial charge in [-0.2, -0.15) is 13.2 Å². The average molecular weight is 315 g/mol. The molecule has 0 atom stereocenters. The molecule has 0 aliphatic rings. The van der Waals surface area contributed by atoms with Crippen molar-refractivity contribution < 1.29 is 18.0 Å². The lowest BCUT2D eigenvalue weighted by Crippen LogP contribution is -2.04. The van der Waals surface area contributed by atoms with Crippen molar-refractivity contribution in [3.05, 3.63) is 65.9 Å². The third-order valence-corrected chi connectivity index (χ3v) is 3.58. The minimum absolute atomic E-state index is 0.165. The van der Waals surface area contributed by atoms with Crippen molar-refractivity contribution in [1.82, 2.24) is 4.98 Å². The number of carbonyl (C=O) groups is 1. The van der Waals surface area contributed by atoms with Gasteiger partial charge in [0.1, 0.15) is 6.29 Å². The van der Waals surface area contributed by atoms with Crippen molar-refractivity contribution in [2.75, 3.05) is 0 Å². The highest BCUT2D eigenvalue weighted by atomic mass is 19.4. The number of pyridine rings is 1. The van der Waals surface area contributed by atoms with E-state index in [4.69, 9.17) is 0 Å². The SMILES string of the molecule is O=CCc1cc(-c2ccc(C(F)(F)F)cc2)c2ccccc2n1. The van der Waals surface area contributed by atoms with E-state index in [2.05, 4.69) is 4.98 Å². The molecule has 1 aromatic heterocycles. The number of carbonyl (C=O) groups excluding carboxylic acids is 1. The topological polar surface area (TPSA) is 30.0 Å². The van der Waals surface area contributed by atoms with Gasteiger partial charge in [-0.1, -0.05) is 30.3 Å². The smallest absolute Gasteiger partial charge is 0.303 e. The van der Waals surface area contributed by atoms with Gasteiger partial charge in [0.2, 0.25) is 0 Å². The second-order valence-electron chi connectivity index (χ2n) is 5.12. The van der Waals surface area contributed by atoms with Crippen LogP contribution in [0.1, 0.15) is 11.3 Å². The summed E-state index contributed by atoms with van der Waals surface area (Å²) in [6.45, 7) is 0. The number of benzene rings is 2. The molecular formula is C18H12F3NO. The molecule has 2 aromatic carbocycles. The summed E-state index contributed by atoms with van der Waals surface area (Å²) >= 11 is 0. The van der Waals surface area contributed by atoms with Gasteiger partial charge in [-0.15, -0.1) is 0 Å². The van der Waals surface area contributed by atoms with E-state index in [1.165, 1.54) is 12.1 Å². The summed E-state index contributed by atoms with van der Waals surface area (Å²) in [5, 5.41) is 0.835. The Balaban J connectivity index is 2.16. The first-order chi connectivity index (χ1) is 11.0. The fourth-order valence-corrected chi connectivity index (χ4v) is 2.50. The molecule has 2 nitrogen and oxygen atoms in total. The van der Waals surface area contributed by atoms with Gasteiger partial charge in [-0.25, -0.2) is 0 Å². The molecule has 3 aromatic rings. The molecule has 0 bridgehead atoms. The average Bonchev–Trinajstić information content (AvgIpc) is 2.54. The van der Waals surface area contributed by atoms with E-state index in [1.807, 2.05) is 24.3 Å². The number of rotatable bonds is 3. The predicted molar refractivity (Wildman–Crippen MR) is 81.9 cm³/mol. The molecule has 0 aliphatic carbocycles. The summed E-state index contributed by atoms with van der Waals surface area (Å²) < 4.78 is 38.1. The summed E-state index contributed by atoms with van der Waals surface area (Å²) in [6, 6.07) is 14.1. The van der Waals surface area contributed by atoms with Crippen LogP contribution >= 0.6 is 0 Å². The minimum Gasteiger partial charge on any atom is -0.303 e. The van der Waals surface area contributed by atoms with E-state index in [1.54, 1.807) is 6.07 Å². The number of nitrogens with zero attached hydrogens (tertiary/aromatic N) is 1. The fourth-order valence-electron chi connectivity index (χ4n) is 2.50. The van der Waals surface area contributed by atoms with Gasteiger partial charge < -0.3 is 4.79 Å². The van der Waals surface area contributed by atoms with E-state index in [0.717, 1.165) is 29.4 Å². The zero-order valence-electron chi connectivity index (χ0n) is 12.0. The van der Waals surface area contributed by atoms with E-state index < -0.39 is 11.7 Å². The maximum Gasteiger partial charge on any atom is 0.416 e. The quantitative estimate of drug-likeness (QED) is 0.658. The third kappa shape index (κ3) is 3.08. The van der Waals surface area contributed by atoms with Gasteiger partial charge in [0, 0.05) is 17.5 Å². The maximum atomic E-state index is 12.7. The normalized spacial score (nSPS) is 11.6. The summed E-state index contributed by atoms with van der Waals surface area (Å²) in [5.41, 5.74) is 2.04. The van der Waals surface area contributed by atoms with E-state index >= 15 is 0 Å². The van der Waals surface area contributed by atoms with Crippen LogP contribution in [0.25, 0.3) is 22.0 Å². The number of alkyl halides is 3. The van der Waals surface area contributed by atoms with Gasteiger partial charge in [-0.05, 0) is 35.4 Å². The lowest BCUT2D eigenvalue weighted by molar-refractivity contribution is -0.137. The second-order valence-corrected chi connectivity index (χ2v) is 5.12. The van der Waals surface area contributed by atoms with Crippen molar-refractivity contribution in [3.8, 4) is 11.1 Å². The molecular weight excluding hydrogens is 303 g/mol. The van der Waals surface area contributed by atoms with Crippen LogP contribution in [0.15, 0.2) is 54.6 Å². The van der Waals surface area contributed by atoms with Crippen molar-refractivity contribution in [1.29, 1.82) is 0 Å². The Labute approximate surface area is 130 Å². The zero-order chi connectivity index (χ0) is 16.4. The van der Waals surface area contributed by atoms with Crippen LogP contribution in [0.3, 0.4) is 0 Å². The van der Waals surface area contributed by atoms with Crippen LogP contribution in [-0.2, 0) is 17.4 Å². The predicted octanol–water partition coefficient (Wildman–Crippen LogP) is 4.66. The molecule has 0 radical (unpaired) electrons. The summed E-state index contributed by atoms with van der Waals surface area (Å²) in [5.74, 6) is 0. The highest BCUT2D eigenvalue weighted by Crippen LogP contribution is 2.33. The van der Waals surface area contributed by atoms with E-state index in [9.17, 15) is 18.0 Å². The summed E-state index contributed by atoms with van der Waals surface area (Å²) in [6.07, 6.45) is -3.44. The largest absolute Gasteiger partial charge is 0.416 e. The number of aromatic nitrogens is 1. The number of hydrogen-bond donors (Lipinski definition) is 0. The number of para-hydroxylation sites is 1. The number of fused-ring (bicyclic) bond motifs is 1. The highest BCUT2D eigenvalue weighted by Gasteiger charge is 2.30. The van der Waals surface area contributed by atoms with E-state index in [-0.39, 0.29) is 6.42 Å².